The number of rotatable bonds is 2. The molecule has 0 radical (unpaired) electrons. The molecule has 6 heteroatoms. The summed E-state index contributed by atoms with van der Waals surface area (Å²) in [4.78, 5) is 14.3. The molecule has 140 valence electrons. The molecule has 1 aromatic carbocycles. The van der Waals surface area contributed by atoms with E-state index < -0.39 is 5.60 Å². The standard InChI is InChI=1S/C20H26N2O4/c1-18(2)10-11-8-12(21)14(9-13(11)25-18)24-16-15-19(3,4)26-17(23)22-7-5-6-20(15,16)22/h8-9,15-16H,5-7,10,21H2,1-4H3. The summed E-state index contributed by atoms with van der Waals surface area (Å²) in [6.45, 7) is 8.84. The van der Waals surface area contributed by atoms with Gasteiger partial charge in [0.05, 0.1) is 17.1 Å². The minimum Gasteiger partial charge on any atom is -0.487 e. The zero-order chi connectivity index (χ0) is 18.5. The van der Waals surface area contributed by atoms with Gasteiger partial charge >= 0.3 is 6.09 Å². The molecule has 0 bridgehead atoms. The molecule has 2 N–H and O–H groups in total. The molecule has 4 aliphatic rings. The Morgan fingerprint density at radius 2 is 2.00 bits per heavy atom. The third-order valence-corrected chi connectivity index (χ3v) is 6.46. The predicted octanol–water partition coefficient (Wildman–Crippen LogP) is 3.12. The Morgan fingerprint density at radius 1 is 1.23 bits per heavy atom. The van der Waals surface area contributed by atoms with Gasteiger partial charge in [0.15, 0.2) is 0 Å². The largest absolute Gasteiger partial charge is 0.487 e. The Balaban J connectivity index is 1.47. The Hall–Kier alpha value is -2.11. The molecule has 3 aliphatic heterocycles. The molecule has 0 aromatic heterocycles. The van der Waals surface area contributed by atoms with Gasteiger partial charge in [-0.3, -0.25) is 4.90 Å². The molecule has 1 spiro atoms. The van der Waals surface area contributed by atoms with Crippen molar-refractivity contribution in [2.45, 2.75) is 69.8 Å². The van der Waals surface area contributed by atoms with Crippen LogP contribution in [0.2, 0.25) is 0 Å². The average Bonchev–Trinajstić information content (AvgIpc) is 2.81. The van der Waals surface area contributed by atoms with Crippen LogP contribution in [0.3, 0.4) is 0 Å². The van der Waals surface area contributed by atoms with Gasteiger partial charge in [-0.15, -0.1) is 0 Å². The highest BCUT2D eigenvalue weighted by Gasteiger charge is 2.80. The molecule has 2 saturated heterocycles. The number of nitrogen functional groups attached to an aromatic ring is 1. The monoisotopic (exact) mass is 358 g/mol. The number of amides is 1. The van der Waals surface area contributed by atoms with Crippen LogP contribution in [-0.2, 0) is 11.2 Å². The van der Waals surface area contributed by atoms with Crippen molar-refractivity contribution in [3.63, 3.8) is 0 Å². The van der Waals surface area contributed by atoms with Gasteiger partial charge in [-0.25, -0.2) is 4.79 Å². The van der Waals surface area contributed by atoms with Crippen LogP contribution in [0.4, 0.5) is 10.5 Å². The van der Waals surface area contributed by atoms with E-state index in [9.17, 15) is 4.79 Å². The molecule has 1 aliphatic carbocycles. The average molecular weight is 358 g/mol. The third kappa shape index (κ3) is 1.96. The van der Waals surface area contributed by atoms with Crippen LogP contribution in [0.15, 0.2) is 12.1 Å². The van der Waals surface area contributed by atoms with E-state index in [1.165, 1.54) is 0 Å². The molecule has 6 nitrogen and oxygen atoms in total. The molecular weight excluding hydrogens is 332 g/mol. The van der Waals surface area contributed by atoms with Crippen LogP contribution in [0.25, 0.3) is 0 Å². The van der Waals surface area contributed by atoms with Crippen LogP contribution < -0.4 is 15.2 Å². The Labute approximate surface area is 153 Å². The van der Waals surface area contributed by atoms with E-state index in [0.29, 0.717) is 11.4 Å². The van der Waals surface area contributed by atoms with Crippen molar-refractivity contribution < 1.29 is 19.0 Å². The van der Waals surface area contributed by atoms with Gasteiger partial charge in [0, 0.05) is 24.6 Å². The van der Waals surface area contributed by atoms with Crippen LogP contribution in [0.5, 0.6) is 11.5 Å². The van der Waals surface area contributed by atoms with E-state index >= 15 is 0 Å². The summed E-state index contributed by atoms with van der Waals surface area (Å²) in [6, 6.07) is 3.87. The maximum Gasteiger partial charge on any atom is 0.410 e. The lowest BCUT2D eigenvalue weighted by Crippen LogP contribution is -2.51. The van der Waals surface area contributed by atoms with Gasteiger partial charge in [-0.1, -0.05) is 0 Å². The molecule has 3 fully saturated rings. The van der Waals surface area contributed by atoms with Crippen molar-refractivity contribution in [1.82, 2.24) is 4.90 Å². The highest BCUT2D eigenvalue weighted by atomic mass is 16.6. The maximum absolute atomic E-state index is 12.4. The quantitative estimate of drug-likeness (QED) is 0.822. The van der Waals surface area contributed by atoms with E-state index in [2.05, 4.69) is 13.8 Å². The van der Waals surface area contributed by atoms with E-state index in [4.69, 9.17) is 19.9 Å². The number of fused-ring (bicyclic) bond motifs is 1. The second kappa shape index (κ2) is 4.59. The number of anilines is 1. The van der Waals surface area contributed by atoms with Gasteiger partial charge in [-0.2, -0.15) is 0 Å². The number of carbonyl (C=O) groups is 1. The summed E-state index contributed by atoms with van der Waals surface area (Å²) >= 11 is 0. The molecule has 3 atom stereocenters. The van der Waals surface area contributed by atoms with Crippen molar-refractivity contribution in [1.29, 1.82) is 0 Å². The SMILES string of the molecule is CC1(C)Cc2cc(N)c(OC3C4C(C)(C)OC(=O)N5CCCC345)cc2O1. The summed E-state index contributed by atoms with van der Waals surface area (Å²) in [5, 5.41) is 0. The highest BCUT2D eigenvalue weighted by molar-refractivity contribution is 5.74. The van der Waals surface area contributed by atoms with Crippen LogP contribution in [0, 0.1) is 5.92 Å². The number of nitrogens with two attached hydrogens (primary N) is 1. The van der Waals surface area contributed by atoms with Gasteiger partial charge < -0.3 is 19.9 Å². The lowest BCUT2D eigenvalue weighted by Gasteiger charge is -2.37. The van der Waals surface area contributed by atoms with Gasteiger partial charge in [-0.05, 0) is 46.6 Å². The topological polar surface area (TPSA) is 74.0 Å². The Morgan fingerprint density at radius 3 is 2.77 bits per heavy atom. The van der Waals surface area contributed by atoms with Crippen LogP contribution in [0.1, 0.15) is 46.1 Å². The lowest BCUT2D eigenvalue weighted by atomic mass is 9.96. The number of hydrogen-bond acceptors (Lipinski definition) is 5. The first-order valence-corrected chi connectivity index (χ1v) is 9.43. The number of hydrogen-bond donors (Lipinski definition) is 1. The summed E-state index contributed by atoms with van der Waals surface area (Å²) < 4.78 is 18.1. The van der Waals surface area contributed by atoms with E-state index in [1.807, 2.05) is 30.9 Å². The number of cyclic esters (lactones) is 1. The van der Waals surface area contributed by atoms with Gasteiger partial charge in [0.25, 0.3) is 0 Å². The van der Waals surface area contributed by atoms with Crippen molar-refractivity contribution in [3.8, 4) is 11.5 Å². The predicted molar refractivity (Wildman–Crippen MR) is 96.4 cm³/mol. The molecule has 26 heavy (non-hydrogen) atoms. The first kappa shape index (κ1) is 16.1. The lowest BCUT2D eigenvalue weighted by molar-refractivity contribution is -0.0437. The zero-order valence-corrected chi connectivity index (χ0v) is 15.8. The summed E-state index contributed by atoms with van der Waals surface area (Å²) in [7, 11) is 0. The molecular formula is C20H26N2O4. The third-order valence-electron chi connectivity index (χ3n) is 6.46. The first-order chi connectivity index (χ1) is 12.1. The summed E-state index contributed by atoms with van der Waals surface area (Å²) in [5.41, 5.74) is 7.03. The number of nitrogens with zero attached hydrogens (tertiary/aromatic N) is 1. The number of benzene rings is 1. The van der Waals surface area contributed by atoms with Gasteiger partial charge in [0.1, 0.15) is 28.8 Å². The fraction of sp³-hybridized carbons (Fsp3) is 0.650. The minimum atomic E-state index is -0.535. The van der Waals surface area contributed by atoms with E-state index in [1.54, 1.807) is 0 Å². The maximum atomic E-state index is 12.4. The fourth-order valence-corrected chi connectivity index (χ4v) is 5.51. The van der Waals surface area contributed by atoms with Crippen molar-refractivity contribution in [3.05, 3.63) is 17.7 Å². The summed E-state index contributed by atoms with van der Waals surface area (Å²) in [6.07, 6.45) is 2.46. The smallest absolute Gasteiger partial charge is 0.410 e. The minimum absolute atomic E-state index is 0.0961. The normalized spacial score (nSPS) is 35.1. The van der Waals surface area contributed by atoms with Crippen molar-refractivity contribution >= 4 is 11.8 Å². The molecule has 1 saturated carbocycles. The fourth-order valence-electron chi connectivity index (χ4n) is 5.51. The van der Waals surface area contributed by atoms with Crippen LogP contribution >= 0.6 is 0 Å². The van der Waals surface area contributed by atoms with E-state index in [-0.39, 0.29) is 29.3 Å². The summed E-state index contributed by atoms with van der Waals surface area (Å²) in [5.74, 6) is 1.64. The Bertz CT molecular complexity index is 818. The van der Waals surface area contributed by atoms with E-state index in [0.717, 1.165) is 37.1 Å². The van der Waals surface area contributed by atoms with Gasteiger partial charge in [0.2, 0.25) is 0 Å². The molecule has 3 unspecified atom stereocenters. The molecule has 1 aromatic rings. The molecule has 3 heterocycles. The van der Waals surface area contributed by atoms with Crippen LogP contribution in [-0.4, -0.2) is 40.4 Å². The second-order valence-electron chi connectivity index (χ2n) is 9.27. The highest BCUT2D eigenvalue weighted by Crippen LogP contribution is 2.64. The molecule has 1 amide bonds. The zero-order valence-electron chi connectivity index (χ0n) is 15.8. The number of ether oxygens (including phenoxy) is 3. The Kier molecular flexibility index (Phi) is 2.84. The molecule has 5 rings (SSSR count). The number of carbonyl (C=O) groups excluding carboxylic acids is 1. The second-order valence-corrected chi connectivity index (χ2v) is 9.27. The van der Waals surface area contributed by atoms with Crippen molar-refractivity contribution in [2.24, 2.45) is 5.92 Å². The van der Waals surface area contributed by atoms with Crippen molar-refractivity contribution in [2.75, 3.05) is 12.3 Å². The first-order valence-electron chi connectivity index (χ1n) is 9.43.